The Morgan fingerprint density at radius 1 is 1.24 bits per heavy atom. The van der Waals surface area contributed by atoms with Crippen molar-refractivity contribution in [2.24, 2.45) is 0 Å². The van der Waals surface area contributed by atoms with Gasteiger partial charge in [-0.3, -0.25) is 9.10 Å². The second-order valence-corrected chi connectivity index (χ2v) is 8.03. The van der Waals surface area contributed by atoms with Gasteiger partial charge in [0.15, 0.2) is 0 Å². The van der Waals surface area contributed by atoms with Crippen LogP contribution in [-0.2, 0) is 14.8 Å². The highest BCUT2D eigenvalue weighted by molar-refractivity contribution is 9.10. The fourth-order valence-electron chi connectivity index (χ4n) is 2.08. The Balaban J connectivity index is 2.47. The highest BCUT2D eigenvalue weighted by atomic mass is 79.9. The smallest absolute Gasteiger partial charge is 0.324 e. The molecule has 0 saturated heterocycles. The standard InChI is InChI=1S/C16H15BrClNO5S/c1-2-24-12-4-6-13(7-5-12)25(22,23)19(10-16(20)21)11-3-8-14(17)15(18)9-11/h3-9H,2,10H2,1H3,(H,20,21). The Morgan fingerprint density at radius 3 is 2.40 bits per heavy atom. The second kappa shape index (κ2) is 8.07. The number of rotatable bonds is 7. The first-order valence-corrected chi connectivity index (χ1v) is 9.79. The number of carboxylic acid groups (broad SMARTS) is 1. The molecule has 0 saturated carbocycles. The number of aliphatic carboxylic acids is 1. The van der Waals surface area contributed by atoms with Crippen LogP contribution in [0.1, 0.15) is 6.92 Å². The van der Waals surface area contributed by atoms with Gasteiger partial charge in [0, 0.05) is 4.47 Å². The van der Waals surface area contributed by atoms with E-state index in [1.165, 1.54) is 36.4 Å². The van der Waals surface area contributed by atoms with E-state index in [-0.39, 0.29) is 15.6 Å². The maximum Gasteiger partial charge on any atom is 0.324 e. The molecule has 0 spiro atoms. The Hall–Kier alpha value is -1.77. The normalized spacial score (nSPS) is 11.2. The summed E-state index contributed by atoms with van der Waals surface area (Å²) in [7, 11) is -4.09. The highest BCUT2D eigenvalue weighted by Crippen LogP contribution is 2.31. The fraction of sp³-hybridized carbons (Fsp3) is 0.188. The van der Waals surface area contributed by atoms with Gasteiger partial charge in [-0.2, -0.15) is 0 Å². The van der Waals surface area contributed by atoms with Crippen LogP contribution in [-0.4, -0.2) is 32.6 Å². The number of carbonyl (C=O) groups is 1. The van der Waals surface area contributed by atoms with Crippen LogP contribution >= 0.6 is 27.5 Å². The van der Waals surface area contributed by atoms with Crippen LogP contribution in [0.3, 0.4) is 0 Å². The molecule has 0 aromatic heterocycles. The molecule has 2 aromatic rings. The minimum atomic E-state index is -4.09. The average Bonchev–Trinajstić information content (AvgIpc) is 2.56. The Bertz CT molecular complexity index is 871. The zero-order valence-electron chi connectivity index (χ0n) is 13.1. The SMILES string of the molecule is CCOc1ccc(S(=O)(=O)N(CC(=O)O)c2ccc(Br)c(Cl)c2)cc1. The number of ether oxygens (including phenoxy) is 1. The number of hydrogen-bond donors (Lipinski definition) is 1. The van der Waals surface area contributed by atoms with Crippen LogP contribution < -0.4 is 9.04 Å². The number of carboxylic acids is 1. The van der Waals surface area contributed by atoms with E-state index in [4.69, 9.17) is 21.4 Å². The predicted molar refractivity (Wildman–Crippen MR) is 98.9 cm³/mol. The van der Waals surface area contributed by atoms with Crippen molar-refractivity contribution >= 4 is 49.2 Å². The summed E-state index contributed by atoms with van der Waals surface area (Å²) in [5.41, 5.74) is 0.157. The van der Waals surface area contributed by atoms with Crippen LogP contribution in [0.15, 0.2) is 51.8 Å². The first-order valence-electron chi connectivity index (χ1n) is 7.18. The van der Waals surface area contributed by atoms with Crippen LogP contribution in [0, 0.1) is 0 Å². The van der Waals surface area contributed by atoms with E-state index in [0.29, 0.717) is 16.8 Å². The summed E-state index contributed by atoms with van der Waals surface area (Å²) < 4.78 is 32.5. The molecule has 2 aromatic carbocycles. The Morgan fingerprint density at radius 2 is 1.88 bits per heavy atom. The van der Waals surface area contributed by atoms with Gasteiger partial charge < -0.3 is 9.84 Å². The molecule has 0 bridgehead atoms. The van der Waals surface area contributed by atoms with Gasteiger partial charge in [0.1, 0.15) is 12.3 Å². The van der Waals surface area contributed by atoms with Crippen LogP contribution in [0.5, 0.6) is 5.75 Å². The Kier molecular flexibility index (Phi) is 6.31. The summed E-state index contributed by atoms with van der Waals surface area (Å²) in [4.78, 5) is 11.1. The molecule has 9 heteroatoms. The van der Waals surface area contributed by atoms with Gasteiger partial charge >= 0.3 is 5.97 Å². The first-order chi connectivity index (χ1) is 11.8. The van der Waals surface area contributed by atoms with Crippen molar-refractivity contribution in [3.63, 3.8) is 0 Å². The lowest BCUT2D eigenvalue weighted by molar-refractivity contribution is -0.135. The highest BCUT2D eigenvalue weighted by Gasteiger charge is 2.27. The largest absolute Gasteiger partial charge is 0.494 e. The molecule has 0 aliphatic rings. The van der Waals surface area contributed by atoms with Gasteiger partial charge in [-0.25, -0.2) is 8.42 Å². The zero-order valence-corrected chi connectivity index (χ0v) is 16.3. The van der Waals surface area contributed by atoms with Crippen molar-refractivity contribution in [2.75, 3.05) is 17.5 Å². The number of anilines is 1. The van der Waals surface area contributed by atoms with Crippen LogP contribution in [0.4, 0.5) is 5.69 Å². The van der Waals surface area contributed by atoms with Crippen molar-refractivity contribution in [1.82, 2.24) is 0 Å². The van der Waals surface area contributed by atoms with Gasteiger partial charge in [0.2, 0.25) is 0 Å². The van der Waals surface area contributed by atoms with Crippen molar-refractivity contribution < 1.29 is 23.1 Å². The van der Waals surface area contributed by atoms with Gasteiger partial charge in [-0.15, -0.1) is 0 Å². The van der Waals surface area contributed by atoms with Gasteiger partial charge in [-0.05, 0) is 65.3 Å². The van der Waals surface area contributed by atoms with Crippen LogP contribution in [0.2, 0.25) is 5.02 Å². The molecule has 1 N–H and O–H groups in total. The lowest BCUT2D eigenvalue weighted by Crippen LogP contribution is -2.35. The monoisotopic (exact) mass is 447 g/mol. The molecule has 2 rings (SSSR count). The van der Waals surface area contributed by atoms with Gasteiger partial charge in [-0.1, -0.05) is 11.6 Å². The molecule has 0 aliphatic heterocycles. The molecule has 134 valence electrons. The molecule has 0 radical (unpaired) electrons. The number of halogens is 2. The van der Waals surface area contributed by atoms with Crippen molar-refractivity contribution in [1.29, 1.82) is 0 Å². The quantitative estimate of drug-likeness (QED) is 0.697. The number of hydrogen-bond acceptors (Lipinski definition) is 4. The topological polar surface area (TPSA) is 83.9 Å². The zero-order chi connectivity index (χ0) is 18.6. The van der Waals surface area contributed by atoms with E-state index in [0.717, 1.165) is 4.31 Å². The van der Waals surface area contributed by atoms with E-state index in [1.54, 1.807) is 6.07 Å². The van der Waals surface area contributed by atoms with E-state index >= 15 is 0 Å². The molecule has 0 aliphatic carbocycles. The molecular formula is C16H15BrClNO5S. The van der Waals surface area contributed by atoms with Gasteiger partial charge in [0.25, 0.3) is 10.0 Å². The van der Waals surface area contributed by atoms with Crippen molar-refractivity contribution in [2.45, 2.75) is 11.8 Å². The molecular weight excluding hydrogens is 434 g/mol. The van der Waals surface area contributed by atoms with Crippen molar-refractivity contribution in [3.8, 4) is 5.75 Å². The summed E-state index contributed by atoms with van der Waals surface area (Å²) in [6, 6.07) is 10.2. The molecule has 0 heterocycles. The van der Waals surface area contributed by atoms with E-state index in [2.05, 4.69) is 15.9 Å². The minimum Gasteiger partial charge on any atom is -0.494 e. The van der Waals surface area contributed by atoms with Gasteiger partial charge in [0.05, 0.1) is 22.2 Å². The lowest BCUT2D eigenvalue weighted by Gasteiger charge is -2.23. The minimum absolute atomic E-state index is 0.0451. The molecule has 0 unspecified atom stereocenters. The number of sulfonamides is 1. The molecule has 25 heavy (non-hydrogen) atoms. The van der Waals surface area contributed by atoms with E-state index < -0.39 is 22.5 Å². The molecule has 6 nitrogen and oxygen atoms in total. The lowest BCUT2D eigenvalue weighted by atomic mass is 10.3. The average molecular weight is 449 g/mol. The summed E-state index contributed by atoms with van der Waals surface area (Å²) >= 11 is 9.23. The summed E-state index contributed by atoms with van der Waals surface area (Å²) in [5, 5.41) is 9.40. The predicted octanol–water partition coefficient (Wildman–Crippen LogP) is 3.78. The second-order valence-electron chi connectivity index (χ2n) is 4.91. The van der Waals surface area contributed by atoms with E-state index in [9.17, 15) is 13.2 Å². The summed E-state index contributed by atoms with van der Waals surface area (Å²) in [6.45, 7) is 1.54. The third kappa shape index (κ3) is 4.65. The summed E-state index contributed by atoms with van der Waals surface area (Å²) in [5.74, 6) is -0.758. The number of benzene rings is 2. The third-order valence-electron chi connectivity index (χ3n) is 3.19. The van der Waals surface area contributed by atoms with Crippen molar-refractivity contribution in [3.05, 3.63) is 52.0 Å². The fourth-order valence-corrected chi connectivity index (χ4v) is 3.91. The molecule has 0 atom stereocenters. The maximum absolute atomic E-state index is 12.9. The molecule has 0 fully saturated rings. The summed E-state index contributed by atoms with van der Waals surface area (Å²) in [6.07, 6.45) is 0. The third-order valence-corrected chi connectivity index (χ3v) is 6.21. The Labute approximate surface area is 159 Å². The van der Waals surface area contributed by atoms with E-state index in [1.807, 2.05) is 6.92 Å². The van der Waals surface area contributed by atoms with Crippen LogP contribution in [0.25, 0.3) is 0 Å². The first kappa shape index (κ1) is 19.6. The molecule has 0 amide bonds. The number of nitrogens with zero attached hydrogens (tertiary/aromatic N) is 1. The maximum atomic E-state index is 12.9.